The fourth-order valence-electron chi connectivity index (χ4n) is 6.55. The summed E-state index contributed by atoms with van der Waals surface area (Å²) < 4.78 is 4.60. The Kier molecular flexibility index (Phi) is 8.76. The van der Waals surface area contributed by atoms with Crippen LogP contribution in [0, 0.1) is 17.8 Å². The largest absolute Gasteiger partial charge is 0.481 e. The Bertz CT molecular complexity index is 871. The highest BCUT2D eigenvalue weighted by atomic mass is 79.9. The lowest BCUT2D eigenvalue weighted by molar-refractivity contribution is -0.150. The molecule has 4 fully saturated rings. The molecule has 0 saturated carbocycles. The first-order valence-electron chi connectivity index (χ1n) is 12.8. The van der Waals surface area contributed by atoms with E-state index in [0.717, 1.165) is 13.1 Å². The van der Waals surface area contributed by atoms with Crippen molar-refractivity contribution in [3.05, 3.63) is 12.7 Å². The molecule has 0 aromatic carbocycles. The number of carboxylic acid groups (broad SMARTS) is 1. The molecule has 4 saturated heterocycles. The van der Waals surface area contributed by atoms with Gasteiger partial charge in [0.2, 0.25) is 11.8 Å². The lowest BCUT2D eigenvalue weighted by atomic mass is 9.71. The summed E-state index contributed by atoms with van der Waals surface area (Å²) in [5, 5.41) is 20.2. The summed E-state index contributed by atoms with van der Waals surface area (Å²) in [7, 11) is 0. The van der Waals surface area contributed by atoms with Crippen molar-refractivity contribution in [3.8, 4) is 0 Å². The van der Waals surface area contributed by atoms with Gasteiger partial charge in [-0.05, 0) is 18.8 Å². The van der Waals surface area contributed by atoms with Crippen molar-refractivity contribution in [3.63, 3.8) is 0 Å². The van der Waals surface area contributed by atoms with E-state index in [1.807, 2.05) is 13.8 Å². The topological polar surface area (TPSA) is 111 Å². The maximum absolute atomic E-state index is 14.4. The number of fused-ring (bicyclic) bond motifs is 1. The van der Waals surface area contributed by atoms with E-state index < -0.39 is 34.6 Å². The van der Waals surface area contributed by atoms with Crippen molar-refractivity contribution in [1.82, 2.24) is 14.7 Å². The third-order valence-electron chi connectivity index (χ3n) is 8.04. The van der Waals surface area contributed by atoms with E-state index in [1.165, 1.54) is 11.8 Å². The van der Waals surface area contributed by atoms with Gasteiger partial charge in [-0.25, -0.2) is 0 Å². The number of nitrogens with zero attached hydrogens (tertiary/aromatic N) is 3. The van der Waals surface area contributed by atoms with Crippen LogP contribution in [0.4, 0.5) is 0 Å². The summed E-state index contributed by atoms with van der Waals surface area (Å²) in [4.78, 5) is 46.2. The van der Waals surface area contributed by atoms with Crippen LogP contribution in [0.1, 0.15) is 26.7 Å². The number of rotatable bonds is 11. The number of amides is 2. The van der Waals surface area contributed by atoms with Gasteiger partial charge in [-0.15, -0.1) is 18.3 Å². The summed E-state index contributed by atoms with van der Waals surface area (Å²) in [5.41, 5.74) is 0. The van der Waals surface area contributed by atoms with Crippen molar-refractivity contribution < 1.29 is 29.3 Å². The highest BCUT2D eigenvalue weighted by Crippen LogP contribution is 2.68. The number of likely N-dealkylation sites (tertiary alicyclic amines) is 1. The highest BCUT2D eigenvalue weighted by molar-refractivity contribution is 9.09. The number of alkyl halides is 1. The highest BCUT2D eigenvalue weighted by Gasteiger charge is 2.76. The van der Waals surface area contributed by atoms with Gasteiger partial charge < -0.3 is 24.7 Å². The molecule has 0 aromatic rings. The minimum Gasteiger partial charge on any atom is -0.481 e. The summed E-state index contributed by atoms with van der Waals surface area (Å²) >= 11 is 5.17. The second kappa shape index (κ2) is 11.3. The number of carbonyl (C=O) groups excluding carboxylic acids is 2. The van der Waals surface area contributed by atoms with Gasteiger partial charge in [0.1, 0.15) is 6.04 Å². The minimum absolute atomic E-state index is 0.0956. The molecule has 0 aromatic heterocycles. The molecule has 11 heteroatoms. The third kappa shape index (κ3) is 4.86. The van der Waals surface area contributed by atoms with Crippen molar-refractivity contribution in [1.29, 1.82) is 0 Å². The fourth-order valence-corrected chi connectivity index (χ4v) is 10.1. The van der Waals surface area contributed by atoms with Crippen molar-refractivity contribution >= 4 is 45.5 Å². The third-order valence-corrected chi connectivity index (χ3v) is 11.3. The average molecular weight is 589 g/mol. The van der Waals surface area contributed by atoms with Crippen LogP contribution in [-0.4, -0.2) is 122 Å². The zero-order chi connectivity index (χ0) is 26.2. The average Bonchev–Trinajstić information content (AvgIpc) is 3.43. The van der Waals surface area contributed by atoms with Gasteiger partial charge >= 0.3 is 5.97 Å². The number of morpholine rings is 1. The van der Waals surface area contributed by atoms with Crippen LogP contribution in [0.15, 0.2) is 12.7 Å². The first-order valence-corrected chi connectivity index (χ1v) is 14.6. The lowest BCUT2D eigenvalue weighted by Crippen LogP contribution is -2.58. The zero-order valence-corrected chi connectivity index (χ0v) is 23.5. The van der Waals surface area contributed by atoms with Crippen LogP contribution in [0.25, 0.3) is 0 Å². The van der Waals surface area contributed by atoms with E-state index in [2.05, 4.69) is 27.4 Å². The number of carbonyl (C=O) groups is 3. The second-order valence-electron chi connectivity index (χ2n) is 10.7. The molecule has 3 unspecified atom stereocenters. The van der Waals surface area contributed by atoms with Crippen molar-refractivity contribution in [2.75, 3.05) is 52.5 Å². The van der Waals surface area contributed by atoms with E-state index in [-0.39, 0.29) is 34.4 Å². The molecule has 7 atom stereocenters. The van der Waals surface area contributed by atoms with E-state index in [9.17, 15) is 24.6 Å². The number of ether oxygens (including phenoxy) is 1. The lowest BCUT2D eigenvalue weighted by Gasteiger charge is -2.40. The molecule has 0 radical (unpaired) electrons. The Hall–Kier alpha value is -1.14. The number of hydrogen-bond donors (Lipinski definition) is 2. The van der Waals surface area contributed by atoms with Gasteiger partial charge in [0.15, 0.2) is 0 Å². The summed E-state index contributed by atoms with van der Waals surface area (Å²) in [6, 6.07) is -1.37. The molecular formula is C25H38BrN3O6S. The normalized spacial score (nSPS) is 34.8. The monoisotopic (exact) mass is 587 g/mol. The molecular weight excluding hydrogens is 550 g/mol. The van der Waals surface area contributed by atoms with Crippen LogP contribution in [0.2, 0.25) is 0 Å². The zero-order valence-electron chi connectivity index (χ0n) is 21.1. The number of aliphatic hydroxyl groups is 1. The maximum Gasteiger partial charge on any atom is 0.308 e. The quantitative estimate of drug-likeness (QED) is 0.275. The van der Waals surface area contributed by atoms with E-state index >= 15 is 0 Å². The van der Waals surface area contributed by atoms with E-state index in [4.69, 9.17) is 4.74 Å². The molecule has 202 valence electrons. The number of aliphatic carboxylic acids is 1. The summed E-state index contributed by atoms with van der Waals surface area (Å²) in [6.45, 7) is 12.1. The molecule has 1 spiro atoms. The Labute approximate surface area is 225 Å². The molecule has 2 bridgehead atoms. The first-order chi connectivity index (χ1) is 17.2. The number of aliphatic hydroxyl groups excluding tert-OH is 1. The predicted octanol–water partition coefficient (Wildman–Crippen LogP) is 1.29. The number of thioether (sulfide) groups is 1. The number of halogens is 1. The minimum atomic E-state index is -0.996. The molecule has 2 N–H and O–H groups in total. The van der Waals surface area contributed by atoms with Crippen LogP contribution < -0.4 is 0 Å². The summed E-state index contributed by atoms with van der Waals surface area (Å²) in [6.07, 6.45) is 2.77. The van der Waals surface area contributed by atoms with Gasteiger partial charge in [-0.3, -0.25) is 19.3 Å². The van der Waals surface area contributed by atoms with Gasteiger partial charge in [0.25, 0.3) is 0 Å². The molecule has 9 nitrogen and oxygen atoms in total. The van der Waals surface area contributed by atoms with E-state index in [1.54, 1.807) is 15.9 Å². The smallest absolute Gasteiger partial charge is 0.308 e. The summed E-state index contributed by atoms with van der Waals surface area (Å²) in [5.74, 6) is -2.93. The Balaban J connectivity index is 1.70. The molecule has 4 aliphatic heterocycles. The van der Waals surface area contributed by atoms with Crippen molar-refractivity contribution in [2.24, 2.45) is 17.8 Å². The standard InChI is InChI=1S/C25H38BrN3O6S/c1-4-5-28(7-6-27-8-10-35-11-9-27)23(32)21-25-13-17(26)20(36-25)18(24(33)34)19(25)22(31)29(21)16(14-30)12-15(2)3/h4,15-21,30H,1,5-14H2,2-3H3,(H,33,34)/t16-,17?,18-,19+,20-,21?,25?/m1/s1. The van der Waals surface area contributed by atoms with Gasteiger partial charge in [0.05, 0.1) is 42.4 Å². The SMILES string of the molecule is C=CCN(CCN1CCOCC1)C(=O)C1N([C@@H](CO)CC(C)C)C(=O)[C@@H]2[C@@H](C(=O)O)[C@@H]3SC12CC3Br. The van der Waals surface area contributed by atoms with Crippen LogP contribution >= 0.6 is 27.7 Å². The van der Waals surface area contributed by atoms with Gasteiger partial charge in [-0.1, -0.05) is 35.9 Å². The van der Waals surface area contributed by atoms with Crippen LogP contribution in [-0.2, 0) is 19.1 Å². The molecule has 4 heterocycles. The Morgan fingerprint density at radius 2 is 2.06 bits per heavy atom. The molecule has 36 heavy (non-hydrogen) atoms. The maximum atomic E-state index is 14.4. The fraction of sp³-hybridized carbons (Fsp3) is 0.800. The second-order valence-corrected chi connectivity index (χ2v) is 13.5. The van der Waals surface area contributed by atoms with Crippen molar-refractivity contribution in [2.45, 2.75) is 53.6 Å². The Morgan fingerprint density at radius 1 is 1.36 bits per heavy atom. The molecule has 2 amide bonds. The Morgan fingerprint density at radius 3 is 2.64 bits per heavy atom. The number of hydrogen-bond acceptors (Lipinski definition) is 7. The molecule has 4 rings (SSSR count). The van der Waals surface area contributed by atoms with Crippen LogP contribution in [0.5, 0.6) is 0 Å². The van der Waals surface area contributed by atoms with Gasteiger partial charge in [-0.2, -0.15) is 0 Å². The van der Waals surface area contributed by atoms with Crippen LogP contribution in [0.3, 0.4) is 0 Å². The molecule has 0 aliphatic carbocycles. The van der Waals surface area contributed by atoms with Gasteiger partial charge in [0, 0.05) is 42.8 Å². The first kappa shape index (κ1) is 27.9. The van der Waals surface area contributed by atoms with E-state index in [0.29, 0.717) is 45.7 Å². The number of carboxylic acids is 1. The molecule has 4 aliphatic rings. The predicted molar refractivity (Wildman–Crippen MR) is 141 cm³/mol.